The van der Waals surface area contributed by atoms with Crippen molar-refractivity contribution in [1.29, 1.82) is 0 Å². The van der Waals surface area contributed by atoms with Crippen LogP contribution in [0, 0.1) is 0 Å². The van der Waals surface area contributed by atoms with E-state index in [0.717, 1.165) is 10.5 Å². The van der Waals surface area contributed by atoms with Crippen molar-refractivity contribution in [2.45, 2.75) is 0 Å². The molecule has 0 fully saturated rings. The summed E-state index contributed by atoms with van der Waals surface area (Å²) in [6.45, 7) is 0. The molecule has 8 bridgehead atoms. The van der Waals surface area contributed by atoms with Crippen LogP contribution in [0.5, 0.6) is 0 Å². The van der Waals surface area contributed by atoms with Gasteiger partial charge in [-0.1, -0.05) is 16.0 Å². The van der Waals surface area contributed by atoms with Crippen LogP contribution in [0.25, 0.3) is 0 Å². The van der Waals surface area contributed by atoms with E-state index in [2.05, 4.69) is 51.1 Å². The average Bonchev–Trinajstić information content (AvgIpc) is 3.32. The maximum absolute atomic E-state index is 4.38. The number of hydrazone groups is 2. The number of fused-ring (bicyclic) bond motifs is 6. The molecule has 0 saturated carbocycles. The number of aromatic amines is 1. The summed E-state index contributed by atoms with van der Waals surface area (Å²) >= 11 is 0. The van der Waals surface area contributed by atoms with E-state index >= 15 is 0 Å². The van der Waals surface area contributed by atoms with Crippen LogP contribution in [-0.4, -0.2) is 38.8 Å². The predicted octanol–water partition coefficient (Wildman–Crippen LogP) is -0.850. The highest BCUT2D eigenvalue weighted by Crippen LogP contribution is 2.08. The zero-order valence-corrected chi connectivity index (χ0v) is 11.9. The van der Waals surface area contributed by atoms with Gasteiger partial charge in [-0.05, 0) is 46.9 Å². The van der Waals surface area contributed by atoms with Crippen molar-refractivity contribution in [2.75, 3.05) is 0 Å². The first-order chi connectivity index (χ1) is 11.8. The monoisotopic (exact) mass is 320 g/mol. The van der Waals surface area contributed by atoms with Gasteiger partial charge in [0.1, 0.15) is 11.0 Å². The lowest BCUT2D eigenvalue weighted by molar-refractivity contribution is 0.0964. The van der Waals surface area contributed by atoms with Gasteiger partial charge in [0.2, 0.25) is 0 Å². The Balaban J connectivity index is 1.65. The molecule has 0 amide bonds. The molecule has 0 aromatic carbocycles. The van der Waals surface area contributed by atoms with Gasteiger partial charge in [0.25, 0.3) is 0 Å². The fraction of sp³-hybridized carbons (Fsp3) is 0. The van der Waals surface area contributed by atoms with Crippen LogP contribution in [0.4, 0.5) is 0 Å². The molecule has 0 unspecified atom stereocenters. The molecule has 116 valence electrons. The number of nitrogens with one attached hydrogen (secondary N) is 2. The zero-order chi connectivity index (χ0) is 15.9. The van der Waals surface area contributed by atoms with Crippen molar-refractivity contribution in [3.05, 3.63) is 47.4 Å². The van der Waals surface area contributed by atoms with Crippen molar-refractivity contribution in [2.24, 2.45) is 40.6 Å². The van der Waals surface area contributed by atoms with E-state index in [-0.39, 0.29) is 0 Å². The van der Waals surface area contributed by atoms with E-state index in [0.29, 0.717) is 34.3 Å². The number of H-pyrrole nitrogens is 1. The van der Waals surface area contributed by atoms with Crippen molar-refractivity contribution in [1.82, 2.24) is 21.0 Å². The summed E-state index contributed by atoms with van der Waals surface area (Å²) in [6, 6.07) is 3.62. The van der Waals surface area contributed by atoms with Crippen LogP contribution in [0.15, 0.2) is 77.1 Å². The number of rotatable bonds is 0. The SMILES string of the molecule is C1=CC2=NN3N=NN(N=C4C=CC(=N4)N=c4ccc([nH]4)=NC1=N2)N3. The summed E-state index contributed by atoms with van der Waals surface area (Å²) in [5.74, 6) is 1.89. The fourth-order valence-corrected chi connectivity index (χ4v) is 2.14. The molecule has 24 heavy (non-hydrogen) atoms. The molecule has 5 rings (SSSR count). The van der Waals surface area contributed by atoms with E-state index in [4.69, 9.17) is 0 Å². The molecule has 0 saturated heterocycles. The quantitative estimate of drug-likeness (QED) is 0.645. The first-order valence-corrected chi connectivity index (χ1v) is 6.92. The molecule has 0 spiro atoms. The first kappa shape index (κ1) is 12.7. The van der Waals surface area contributed by atoms with Crippen molar-refractivity contribution >= 4 is 23.3 Å². The van der Waals surface area contributed by atoms with Gasteiger partial charge in [0.15, 0.2) is 23.3 Å². The fourth-order valence-electron chi connectivity index (χ4n) is 2.14. The minimum absolute atomic E-state index is 0.430. The zero-order valence-electron chi connectivity index (χ0n) is 11.9. The number of hydrogen-bond donors (Lipinski definition) is 2. The van der Waals surface area contributed by atoms with Gasteiger partial charge >= 0.3 is 0 Å². The molecule has 1 aromatic rings. The minimum Gasteiger partial charge on any atom is -0.325 e. The highest BCUT2D eigenvalue weighted by molar-refractivity contribution is 6.15. The number of amidine groups is 4. The summed E-state index contributed by atoms with van der Waals surface area (Å²) in [5, 5.41) is 18.2. The number of aliphatic imine (C=N–C) groups is 2. The highest BCUT2D eigenvalue weighted by Gasteiger charge is 2.17. The molecule has 12 nitrogen and oxygen atoms in total. The molecule has 0 radical (unpaired) electrons. The van der Waals surface area contributed by atoms with E-state index in [1.165, 1.54) is 0 Å². The summed E-state index contributed by atoms with van der Waals surface area (Å²) in [6.07, 6.45) is 6.92. The lowest BCUT2D eigenvalue weighted by atomic mass is 10.5. The van der Waals surface area contributed by atoms with Gasteiger partial charge in [0.05, 0.1) is 0 Å². The molecule has 4 aliphatic heterocycles. The average molecular weight is 320 g/mol. The Morgan fingerprint density at radius 3 is 1.67 bits per heavy atom. The molecule has 2 N–H and O–H groups in total. The summed E-state index contributed by atoms with van der Waals surface area (Å²) in [7, 11) is 0. The van der Waals surface area contributed by atoms with Gasteiger partial charge < -0.3 is 4.98 Å². The van der Waals surface area contributed by atoms with Crippen molar-refractivity contribution in [3.8, 4) is 0 Å². The van der Waals surface area contributed by atoms with E-state index in [1.807, 2.05) is 12.1 Å². The standard InChI is InChI=1S/C12H8N12/c1-2-8-13-7(1)14-9-3-5-11(16-9)18-23-20-21-24(22-23)19-12-6-4-10(15-8)17-12/h1-6,22H,(H,13,14,15,16,17,18,19). The van der Waals surface area contributed by atoms with Crippen LogP contribution in [-0.2, 0) is 0 Å². The highest BCUT2D eigenvalue weighted by atomic mass is 16.1. The van der Waals surface area contributed by atoms with Crippen LogP contribution in [0.1, 0.15) is 0 Å². The Labute approximate surface area is 133 Å². The third kappa shape index (κ3) is 2.32. The topological polar surface area (TPSA) is 133 Å². The third-order valence-electron chi connectivity index (χ3n) is 3.13. The normalized spacial score (nSPS) is 20.5. The van der Waals surface area contributed by atoms with E-state index < -0.39 is 0 Å². The number of hydrazine groups is 2. The maximum Gasteiger partial charge on any atom is 0.178 e. The lowest BCUT2D eigenvalue weighted by Gasteiger charge is -2.08. The van der Waals surface area contributed by atoms with Crippen molar-refractivity contribution < 1.29 is 0 Å². The lowest BCUT2D eigenvalue weighted by Crippen LogP contribution is -2.33. The van der Waals surface area contributed by atoms with E-state index in [9.17, 15) is 0 Å². The van der Waals surface area contributed by atoms with Crippen LogP contribution in [0.2, 0.25) is 0 Å². The Morgan fingerprint density at radius 1 is 0.625 bits per heavy atom. The van der Waals surface area contributed by atoms with Gasteiger partial charge in [-0.15, -0.1) is 10.2 Å². The molecule has 0 aliphatic carbocycles. The molecule has 12 heteroatoms. The second-order valence-corrected chi connectivity index (χ2v) is 4.83. The molecule has 0 atom stereocenters. The molecular weight excluding hydrogens is 312 g/mol. The van der Waals surface area contributed by atoms with Crippen LogP contribution < -0.4 is 16.5 Å². The molecule has 5 heterocycles. The largest absolute Gasteiger partial charge is 0.325 e. The van der Waals surface area contributed by atoms with E-state index in [1.54, 1.807) is 24.3 Å². The predicted molar refractivity (Wildman–Crippen MR) is 82.8 cm³/mol. The van der Waals surface area contributed by atoms with Crippen LogP contribution >= 0.6 is 0 Å². The first-order valence-electron chi connectivity index (χ1n) is 6.92. The van der Waals surface area contributed by atoms with Crippen LogP contribution in [0.3, 0.4) is 0 Å². The third-order valence-corrected chi connectivity index (χ3v) is 3.13. The Kier molecular flexibility index (Phi) is 2.57. The second-order valence-electron chi connectivity index (χ2n) is 4.83. The Bertz CT molecular complexity index is 966. The smallest absolute Gasteiger partial charge is 0.178 e. The number of hydrogen-bond acceptors (Lipinski definition) is 11. The summed E-state index contributed by atoms with van der Waals surface area (Å²) in [5.41, 5.74) is 3.99. The second kappa shape index (κ2) is 4.85. The van der Waals surface area contributed by atoms with Gasteiger partial charge in [-0.2, -0.15) is 0 Å². The number of aromatic nitrogens is 1. The molecule has 4 aliphatic rings. The summed E-state index contributed by atoms with van der Waals surface area (Å²) in [4.78, 5) is 20.4. The van der Waals surface area contributed by atoms with Crippen molar-refractivity contribution in [3.63, 3.8) is 0 Å². The molecule has 1 aromatic heterocycles. The summed E-state index contributed by atoms with van der Waals surface area (Å²) < 4.78 is 0. The van der Waals surface area contributed by atoms with Gasteiger partial charge in [-0.3, -0.25) is 0 Å². The Hall–Kier alpha value is -3.80. The minimum atomic E-state index is 0.430. The van der Waals surface area contributed by atoms with Gasteiger partial charge in [0, 0.05) is 0 Å². The number of nitrogens with zero attached hydrogens (tertiary/aromatic N) is 10. The molecular formula is C12H8N12. The van der Waals surface area contributed by atoms with Gasteiger partial charge in [-0.25, -0.2) is 20.0 Å². The Morgan fingerprint density at radius 2 is 1.12 bits per heavy atom. The maximum atomic E-state index is 4.38.